The number of nitrogens with one attached hydrogen (secondary N) is 1. The maximum atomic E-state index is 11.3. The molecule has 1 heterocycles. The molecule has 7 heteroatoms. The lowest BCUT2D eigenvalue weighted by atomic mass is 10.2. The summed E-state index contributed by atoms with van der Waals surface area (Å²) in [5, 5.41) is 6.47. The number of benzene rings is 1. The van der Waals surface area contributed by atoms with Crippen molar-refractivity contribution in [3.63, 3.8) is 0 Å². The normalized spacial score (nSPS) is 10.4. The Morgan fingerprint density at radius 3 is 3.10 bits per heavy atom. The topological polar surface area (TPSA) is 51.2 Å². The van der Waals surface area contributed by atoms with Crippen molar-refractivity contribution in [2.45, 2.75) is 19.8 Å². The quantitative estimate of drug-likeness (QED) is 0.721. The highest BCUT2D eigenvalue weighted by Gasteiger charge is 2.08. The highest BCUT2D eigenvalue weighted by atomic mass is 79.9. The molecule has 0 amide bonds. The van der Waals surface area contributed by atoms with Gasteiger partial charge in [0.15, 0.2) is 5.13 Å². The Bertz CT molecular complexity index is 633. The molecule has 0 atom stereocenters. The molecule has 0 spiro atoms. The van der Waals surface area contributed by atoms with E-state index in [1.807, 2.05) is 23.6 Å². The van der Waals surface area contributed by atoms with Crippen molar-refractivity contribution in [3.8, 4) is 0 Å². The molecule has 4 nitrogen and oxygen atoms in total. The summed E-state index contributed by atoms with van der Waals surface area (Å²) in [4.78, 5) is 15.7. The van der Waals surface area contributed by atoms with Gasteiger partial charge in [-0.1, -0.05) is 27.5 Å². The fourth-order valence-electron chi connectivity index (χ4n) is 1.65. The van der Waals surface area contributed by atoms with Crippen LogP contribution in [0, 0.1) is 0 Å². The fraction of sp³-hybridized carbons (Fsp3) is 0.286. The molecule has 2 aromatic rings. The van der Waals surface area contributed by atoms with Gasteiger partial charge in [0.25, 0.3) is 0 Å². The number of ether oxygens (including phenoxy) is 1. The van der Waals surface area contributed by atoms with Crippen molar-refractivity contribution < 1.29 is 9.53 Å². The predicted octanol–water partition coefficient (Wildman–Crippen LogP) is 4.80. The summed E-state index contributed by atoms with van der Waals surface area (Å²) in [7, 11) is 0. The van der Waals surface area contributed by atoms with E-state index < -0.39 is 0 Å². The molecular formula is C14H14BrClN2O2S. The summed E-state index contributed by atoms with van der Waals surface area (Å²) in [6.45, 7) is 2.20. The Morgan fingerprint density at radius 2 is 2.33 bits per heavy atom. The van der Waals surface area contributed by atoms with Crippen LogP contribution >= 0.6 is 38.9 Å². The maximum absolute atomic E-state index is 11.3. The van der Waals surface area contributed by atoms with Crippen LogP contribution in [0.5, 0.6) is 0 Å². The third-order valence-corrected chi connectivity index (χ3v) is 4.24. The summed E-state index contributed by atoms with van der Waals surface area (Å²) >= 11 is 11.0. The molecule has 0 aliphatic heterocycles. The summed E-state index contributed by atoms with van der Waals surface area (Å²) in [6, 6.07) is 5.57. The van der Waals surface area contributed by atoms with Crippen LogP contribution in [0.1, 0.15) is 19.0 Å². The molecule has 2 rings (SSSR count). The Hall–Kier alpha value is -1.11. The first-order valence-electron chi connectivity index (χ1n) is 6.40. The van der Waals surface area contributed by atoms with E-state index in [9.17, 15) is 4.79 Å². The number of hydrogen-bond donors (Lipinski definition) is 1. The summed E-state index contributed by atoms with van der Waals surface area (Å²) in [5.41, 5.74) is 1.65. The zero-order valence-corrected chi connectivity index (χ0v) is 14.5. The van der Waals surface area contributed by atoms with Gasteiger partial charge in [-0.25, -0.2) is 4.98 Å². The lowest BCUT2D eigenvalue weighted by molar-refractivity contribution is -0.143. The second kappa shape index (κ2) is 7.77. The average Bonchev–Trinajstić information content (AvgIpc) is 2.89. The first kappa shape index (κ1) is 16.3. The number of anilines is 2. The molecular weight excluding hydrogens is 376 g/mol. The van der Waals surface area contributed by atoms with Crippen LogP contribution < -0.4 is 5.32 Å². The molecule has 0 radical (unpaired) electrons. The van der Waals surface area contributed by atoms with Crippen LogP contribution in [-0.2, 0) is 16.0 Å². The van der Waals surface area contributed by atoms with Crippen LogP contribution in [0.25, 0.3) is 0 Å². The van der Waals surface area contributed by atoms with Crippen molar-refractivity contribution in [2.75, 3.05) is 11.9 Å². The first-order chi connectivity index (χ1) is 10.1. The standard InChI is InChI=1S/C14H14BrClN2O2S/c1-2-20-13(19)6-4-10-8-21-14(17-10)18-12-7-9(15)3-5-11(12)16/h3,5,7-8H,2,4,6H2,1H3,(H,17,18). The second-order valence-corrected chi connectivity index (χ2v) is 6.38. The van der Waals surface area contributed by atoms with Crippen LogP contribution in [-0.4, -0.2) is 17.6 Å². The Kier molecular flexibility index (Phi) is 6.02. The number of nitrogens with zero attached hydrogens (tertiary/aromatic N) is 1. The van der Waals surface area contributed by atoms with E-state index in [1.165, 1.54) is 11.3 Å². The second-order valence-electron chi connectivity index (χ2n) is 4.20. The van der Waals surface area contributed by atoms with Crippen molar-refractivity contribution in [1.82, 2.24) is 4.98 Å². The van der Waals surface area contributed by atoms with Gasteiger partial charge in [-0.05, 0) is 25.1 Å². The number of esters is 1. The molecule has 0 aliphatic rings. The Labute approximate surface area is 140 Å². The highest BCUT2D eigenvalue weighted by molar-refractivity contribution is 9.10. The van der Waals surface area contributed by atoms with Gasteiger partial charge in [-0.2, -0.15) is 0 Å². The van der Waals surface area contributed by atoms with Gasteiger partial charge in [0.1, 0.15) is 0 Å². The molecule has 0 fully saturated rings. The average molecular weight is 390 g/mol. The fourth-order valence-corrected chi connectivity index (χ4v) is 2.93. The minimum absolute atomic E-state index is 0.199. The van der Waals surface area contributed by atoms with E-state index >= 15 is 0 Å². The number of rotatable bonds is 6. The molecule has 21 heavy (non-hydrogen) atoms. The molecule has 1 N–H and O–H groups in total. The van der Waals surface area contributed by atoms with Gasteiger partial charge in [0.05, 0.1) is 29.4 Å². The van der Waals surface area contributed by atoms with E-state index in [2.05, 4.69) is 26.2 Å². The minimum Gasteiger partial charge on any atom is -0.466 e. The number of halogens is 2. The molecule has 0 bridgehead atoms. The van der Waals surface area contributed by atoms with Crippen molar-refractivity contribution >= 4 is 55.7 Å². The number of aromatic nitrogens is 1. The molecule has 1 aromatic heterocycles. The lowest BCUT2D eigenvalue weighted by Crippen LogP contribution is -2.05. The van der Waals surface area contributed by atoms with E-state index in [1.54, 1.807) is 6.92 Å². The zero-order valence-electron chi connectivity index (χ0n) is 11.4. The number of hydrogen-bond acceptors (Lipinski definition) is 5. The monoisotopic (exact) mass is 388 g/mol. The van der Waals surface area contributed by atoms with Gasteiger partial charge in [0, 0.05) is 16.3 Å². The van der Waals surface area contributed by atoms with Crippen LogP contribution in [0.4, 0.5) is 10.8 Å². The number of aryl methyl sites for hydroxylation is 1. The summed E-state index contributed by atoms with van der Waals surface area (Å²) < 4.78 is 5.83. The van der Waals surface area contributed by atoms with Crippen LogP contribution in [0.2, 0.25) is 5.02 Å². The highest BCUT2D eigenvalue weighted by Crippen LogP contribution is 2.30. The van der Waals surface area contributed by atoms with Crippen LogP contribution in [0.3, 0.4) is 0 Å². The molecule has 112 valence electrons. The van der Waals surface area contributed by atoms with Crippen molar-refractivity contribution in [1.29, 1.82) is 0 Å². The van der Waals surface area contributed by atoms with Gasteiger partial charge >= 0.3 is 5.97 Å². The van der Waals surface area contributed by atoms with Crippen LogP contribution in [0.15, 0.2) is 28.1 Å². The third-order valence-electron chi connectivity index (χ3n) is 2.61. The smallest absolute Gasteiger partial charge is 0.306 e. The van der Waals surface area contributed by atoms with Gasteiger partial charge in [-0.3, -0.25) is 4.79 Å². The van der Waals surface area contributed by atoms with E-state index in [0.29, 0.717) is 24.5 Å². The minimum atomic E-state index is -0.199. The third kappa shape index (κ3) is 4.98. The van der Waals surface area contributed by atoms with Crippen molar-refractivity contribution in [3.05, 3.63) is 38.8 Å². The van der Waals surface area contributed by atoms with E-state index in [-0.39, 0.29) is 5.97 Å². The molecule has 1 aromatic carbocycles. The molecule has 0 aliphatic carbocycles. The van der Waals surface area contributed by atoms with E-state index in [0.717, 1.165) is 21.0 Å². The molecule has 0 saturated carbocycles. The maximum Gasteiger partial charge on any atom is 0.306 e. The number of thiazole rings is 1. The lowest BCUT2D eigenvalue weighted by Gasteiger charge is -2.05. The van der Waals surface area contributed by atoms with Gasteiger partial charge in [-0.15, -0.1) is 11.3 Å². The number of carbonyl (C=O) groups is 1. The largest absolute Gasteiger partial charge is 0.466 e. The summed E-state index contributed by atoms with van der Waals surface area (Å²) in [6.07, 6.45) is 0.915. The zero-order chi connectivity index (χ0) is 15.2. The molecule has 0 unspecified atom stereocenters. The van der Waals surface area contributed by atoms with E-state index in [4.69, 9.17) is 16.3 Å². The first-order valence-corrected chi connectivity index (χ1v) is 8.45. The van der Waals surface area contributed by atoms with Gasteiger partial charge < -0.3 is 10.1 Å². The van der Waals surface area contributed by atoms with Crippen molar-refractivity contribution in [2.24, 2.45) is 0 Å². The summed E-state index contributed by atoms with van der Waals surface area (Å²) in [5.74, 6) is -0.199. The SMILES string of the molecule is CCOC(=O)CCc1csc(Nc2cc(Br)ccc2Cl)n1. The Balaban J connectivity index is 1.97. The number of carbonyl (C=O) groups excluding carboxylic acids is 1. The predicted molar refractivity (Wildman–Crippen MR) is 89.5 cm³/mol. The Morgan fingerprint density at radius 1 is 1.52 bits per heavy atom. The molecule has 0 saturated heterocycles. The van der Waals surface area contributed by atoms with Gasteiger partial charge in [0.2, 0.25) is 0 Å².